The van der Waals surface area contributed by atoms with Crippen LogP contribution < -0.4 is 5.32 Å². The van der Waals surface area contributed by atoms with Gasteiger partial charge in [0.25, 0.3) is 5.91 Å². The number of halogens is 1. The molecule has 2 rings (SSSR count). The molecule has 98 valence electrons. The van der Waals surface area contributed by atoms with Crippen molar-refractivity contribution in [3.63, 3.8) is 0 Å². The van der Waals surface area contributed by atoms with Crippen molar-refractivity contribution in [2.45, 2.75) is 5.88 Å². The van der Waals surface area contributed by atoms with Crippen molar-refractivity contribution in [2.75, 3.05) is 5.32 Å². The summed E-state index contributed by atoms with van der Waals surface area (Å²) in [6.45, 7) is 0. The van der Waals surface area contributed by atoms with Crippen LogP contribution in [0.25, 0.3) is 0 Å². The van der Waals surface area contributed by atoms with Crippen LogP contribution in [0.2, 0.25) is 0 Å². The van der Waals surface area contributed by atoms with Gasteiger partial charge in [-0.3, -0.25) is 14.9 Å². The van der Waals surface area contributed by atoms with Crippen molar-refractivity contribution in [1.29, 1.82) is 0 Å². The molecule has 0 atom stereocenters. The number of carbonyl (C=O) groups excluding carboxylic acids is 1. The molecule has 0 bridgehead atoms. The first-order valence-electron chi connectivity index (χ1n) is 5.31. The molecule has 0 aliphatic carbocycles. The van der Waals surface area contributed by atoms with Gasteiger partial charge in [0.1, 0.15) is 4.92 Å². The number of anilines is 1. The molecule has 0 aliphatic heterocycles. The Kier molecular flexibility index (Phi) is 3.82. The molecule has 1 aromatic heterocycles. The second kappa shape index (κ2) is 5.53. The Balaban J connectivity index is 2.18. The summed E-state index contributed by atoms with van der Waals surface area (Å²) >= 11 is 5.74. The summed E-state index contributed by atoms with van der Waals surface area (Å²) in [6.07, 6.45) is 0. The number of para-hydroxylation sites is 1. The van der Waals surface area contributed by atoms with Crippen LogP contribution in [0.5, 0.6) is 0 Å². The van der Waals surface area contributed by atoms with Crippen molar-refractivity contribution in [2.24, 2.45) is 0 Å². The fourth-order valence-electron chi connectivity index (χ4n) is 1.49. The van der Waals surface area contributed by atoms with E-state index in [2.05, 4.69) is 5.32 Å². The Morgan fingerprint density at radius 1 is 1.32 bits per heavy atom. The Hall–Kier alpha value is -2.34. The van der Waals surface area contributed by atoms with Crippen LogP contribution in [0, 0.1) is 10.1 Å². The fraction of sp³-hybridized carbons (Fsp3) is 0.0833. The van der Waals surface area contributed by atoms with Crippen molar-refractivity contribution in [3.05, 3.63) is 57.8 Å². The van der Waals surface area contributed by atoms with Gasteiger partial charge in [-0.05, 0) is 17.7 Å². The standard InChI is InChI=1S/C12H9ClN2O4/c13-7-8-3-1-2-4-9(8)14-12(16)10-5-6-11(19-10)15(17)18/h1-6H,7H2,(H,14,16). The number of nitro groups is 1. The van der Waals surface area contributed by atoms with Crippen LogP contribution in [0.1, 0.15) is 16.1 Å². The van der Waals surface area contributed by atoms with Gasteiger partial charge in [0.15, 0.2) is 5.76 Å². The maximum Gasteiger partial charge on any atom is 0.433 e. The smallest absolute Gasteiger partial charge is 0.395 e. The zero-order chi connectivity index (χ0) is 13.8. The van der Waals surface area contributed by atoms with Gasteiger partial charge in [-0.2, -0.15) is 0 Å². The average Bonchev–Trinajstić information content (AvgIpc) is 2.89. The molecule has 0 spiro atoms. The summed E-state index contributed by atoms with van der Waals surface area (Å²) in [4.78, 5) is 21.6. The zero-order valence-electron chi connectivity index (χ0n) is 9.63. The zero-order valence-corrected chi connectivity index (χ0v) is 10.4. The summed E-state index contributed by atoms with van der Waals surface area (Å²) in [7, 11) is 0. The lowest BCUT2D eigenvalue weighted by atomic mass is 10.2. The normalized spacial score (nSPS) is 10.2. The summed E-state index contributed by atoms with van der Waals surface area (Å²) in [5.74, 6) is -0.924. The van der Waals surface area contributed by atoms with Gasteiger partial charge in [0.05, 0.1) is 6.07 Å². The molecule has 6 nitrogen and oxygen atoms in total. The molecular weight excluding hydrogens is 272 g/mol. The van der Waals surface area contributed by atoms with E-state index in [1.807, 2.05) is 0 Å². The Bertz CT molecular complexity index is 624. The molecule has 2 aromatic rings. The first-order chi connectivity index (χ1) is 9.11. The van der Waals surface area contributed by atoms with E-state index in [0.29, 0.717) is 5.69 Å². The quantitative estimate of drug-likeness (QED) is 0.529. The molecule has 0 unspecified atom stereocenters. The molecule has 0 fully saturated rings. The Morgan fingerprint density at radius 2 is 2.05 bits per heavy atom. The number of alkyl halides is 1. The third kappa shape index (κ3) is 2.92. The van der Waals surface area contributed by atoms with E-state index in [9.17, 15) is 14.9 Å². The van der Waals surface area contributed by atoms with Gasteiger partial charge in [0.2, 0.25) is 0 Å². The van der Waals surface area contributed by atoms with Gasteiger partial charge in [-0.1, -0.05) is 18.2 Å². The monoisotopic (exact) mass is 280 g/mol. The molecule has 0 saturated carbocycles. The first-order valence-corrected chi connectivity index (χ1v) is 5.84. The van der Waals surface area contributed by atoms with Crippen molar-refractivity contribution in [3.8, 4) is 0 Å². The van der Waals surface area contributed by atoms with Crippen molar-refractivity contribution >= 4 is 29.1 Å². The molecule has 1 heterocycles. The molecule has 19 heavy (non-hydrogen) atoms. The minimum atomic E-state index is -0.705. The lowest BCUT2D eigenvalue weighted by molar-refractivity contribution is -0.402. The predicted molar refractivity (Wildman–Crippen MR) is 69.3 cm³/mol. The van der Waals surface area contributed by atoms with Crippen molar-refractivity contribution < 1.29 is 14.1 Å². The Labute approximate surface area is 113 Å². The van der Waals surface area contributed by atoms with Crippen LogP contribution in [0.3, 0.4) is 0 Å². The van der Waals surface area contributed by atoms with Crippen LogP contribution in [0.15, 0.2) is 40.8 Å². The highest BCUT2D eigenvalue weighted by Gasteiger charge is 2.17. The number of benzene rings is 1. The van der Waals surface area contributed by atoms with E-state index < -0.39 is 16.7 Å². The lowest BCUT2D eigenvalue weighted by Crippen LogP contribution is -2.12. The average molecular weight is 281 g/mol. The third-order valence-electron chi connectivity index (χ3n) is 2.41. The second-order valence-electron chi connectivity index (χ2n) is 3.64. The molecule has 0 aliphatic rings. The lowest BCUT2D eigenvalue weighted by Gasteiger charge is -2.07. The first kappa shape index (κ1) is 13.1. The fourth-order valence-corrected chi connectivity index (χ4v) is 1.72. The van der Waals surface area contributed by atoms with E-state index in [1.54, 1.807) is 24.3 Å². The highest BCUT2D eigenvalue weighted by Crippen LogP contribution is 2.20. The topological polar surface area (TPSA) is 85.4 Å². The third-order valence-corrected chi connectivity index (χ3v) is 2.69. The number of nitrogens with one attached hydrogen (secondary N) is 1. The maximum absolute atomic E-state index is 11.8. The number of hydrogen-bond donors (Lipinski definition) is 1. The number of amides is 1. The SMILES string of the molecule is O=C(Nc1ccccc1CCl)c1ccc([N+](=O)[O-])o1. The van der Waals surface area contributed by atoms with Crippen molar-refractivity contribution in [1.82, 2.24) is 0 Å². The number of hydrogen-bond acceptors (Lipinski definition) is 4. The summed E-state index contributed by atoms with van der Waals surface area (Å²) in [6, 6.07) is 9.38. The largest absolute Gasteiger partial charge is 0.433 e. The predicted octanol–water partition coefficient (Wildman–Crippen LogP) is 3.18. The highest BCUT2D eigenvalue weighted by molar-refractivity contribution is 6.17. The summed E-state index contributed by atoms with van der Waals surface area (Å²) in [5.41, 5.74) is 1.29. The maximum atomic E-state index is 11.8. The number of rotatable bonds is 4. The highest BCUT2D eigenvalue weighted by atomic mass is 35.5. The summed E-state index contributed by atoms with van der Waals surface area (Å²) in [5, 5.41) is 13.0. The van der Waals surface area contributed by atoms with E-state index in [-0.39, 0.29) is 11.6 Å². The van der Waals surface area contributed by atoms with Gasteiger partial charge >= 0.3 is 5.88 Å². The minimum Gasteiger partial charge on any atom is -0.395 e. The van der Waals surface area contributed by atoms with E-state index >= 15 is 0 Å². The summed E-state index contributed by atoms with van der Waals surface area (Å²) < 4.78 is 4.81. The molecule has 0 saturated heterocycles. The van der Waals surface area contributed by atoms with Crippen LogP contribution in [-0.2, 0) is 5.88 Å². The van der Waals surface area contributed by atoms with E-state index in [0.717, 1.165) is 11.6 Å². The van der Waals surface area contributed by atoms with Gasteiger partial charge in [-0.15, -0.1) is 11.6 Å². The number of nitrogens with zero attached hydrogens (tertiary/aromatic N) is 1. The molecular formula is C12H9ClN2O4. The van der Waals surface area contributed by atoms with Gasteiger partial charge < -0.3 is 9.73 Å². The Morgan fingerprint density at radius 3 is 2.68 bits per heavy atom. The number of furan rings is 1. The van der Waals surface area contributed by atoms with Crippen LogP contribution in [0.4, 0.5) is 11.6 Å². The molecule has 1 aromatic carbocycles. The second-order valence-corrected chi connectivity index (χ2v) is 3.91. The number of carbonyl (C=O) groups is 1. The van der Waals surface area contributed by atoms with E-state index in [1.165, 1.54) is 6.07 Å². The molecule has 1 amide bonds. The van der Waals surface area contributed by atoms with E-state index in [4.69, 9.17) is 16.0 Å². The molecule has 7 heteroatoms. The minimum absolute atomic E-state index is 0.129. The molecule has 1 N–H and O–H groups in total. The van der Waals surface area contributed by atoms with Gasteiger partial charge in [0, 0.05) is 11.6 Å². The van der Waals surface area contributed by atoms with Crippen LogP contribution in [-0.4, -0.2) is 10.8 Å². The van der Waals surface area contributed by atoms with Crippen LogP contribution >= 0.6 is 11.6 Å². The molecule has 0 radical (unpaired) electrons. The van der Waals surface area contributed by atoms with Gasteiger partial charge in [-0.25, -0.2) is 0 Å².